The monoisotopic (exact) mass is 236 g/mol. The zero-order valence-corrected chi connectivity index (χ0v) is 8.98. The highest BCUT2D eigenvalue weighted by Gasteiger charge is 2.09. The standard InChI is InChI=1S/C10H8N2O3S/c13-8(14)6-16-10-11-9(12-15-10)7-4-2-1-3-5-7/h1-5H,6H2,(H,13,14). The summed E-state index contributed by atoms with van der Waals surface area (Å²) in [6, 6.07) is 9.35. The number of rotatable bonds is 4. The summed E-state index contributed by atoms with van der Waals surface area (Å²) in [4.78, 5) is 14.4. The normalized spacial score (nSPS) is 10.2. The quantitative estimate of drug-likeness (QED) is 0.817. The molecule has 5 nitrogen and oxygen atoms in total. The van der Waals surface area contributed by atoms with E-state index in [0.29, 0.717) is 5.82 Å². The molecule has 2 aromatic rings. The molecule has 82 valence electrons. The topological polar surface area (TPSA) is 76.2 Å². The van der Waals surface area contributed by atoms with Crippen LogP contribution in [0, 0.1) is 0 Å². The largest absolute Gasteiger partial charge is 0.481 e. The van der Waals surface area contributed by atoms with Gasteiger partial charge in [-0.05, 0) is 0 Å². The fraction of sp³-hybridized carbons (Fsp3) is 0.100. The summed E-state index contributed by atoms with van der Waals surface area (Å²) in [5.74, 6) is -0.533. The molecule has 0 unspecified atom stereocenters. The molecule has 0 saturated carbocycles. The number of hydrogen-bond donors (Lipinski definition) is 1. The van der Waals surface area contributed by atoms with Gasteiger partial charge in [-0.2, -0.15) is 4.98 Å². The Morgan fingerprint density at radius 1 is 1.38 bits per heavy atom. The molecule has 0 fully saturated rings. The van der Waals surface area contributed by atoms with Crippen LogP contribution in [0.1, 0.15) is 0 Å². The van der Waals surface area contributed by atoms with E-state index in [4.69, 9.17) is 9.63 Å². The highest BCUT2D eigenvalue weighted by molar-refractivity contribution is 7.99. The highest BCUT2D eigenvalue weighted by Crippen LogP contribution is 2.20. The van der Waals surface area contributed by atoms with E-state index in [-0.39, 0.29) is 11.0 Å². The Bertz CT molecular complexity index is 484. The first-order valence-corrected chi connectivity index (χ1v) is 5.48. The van der Waals surface area contributed by atoms with Crippen molar-refractivity contribution < 1.29 is 14.4 Å². The van der Waals surface area contributed by atoms with Gasteiger partial charge in [-0.15, -0.1) is 0 Å². The van der Waals surface area contributed by atoms with Gasteiger partial charge in [0, 0.05) is 5.56 Å². The van der Waals surface area contributed by atoms with E-state index in [1.54, 1.807) is 0 Å². The second-order valence-electron chi connectivity index (χ2n) is 2.93. The van der Waals surface area contributed by atoms with E-state index in [1.165, 1.54) is 0 Å². The van der Waals surface area contributed by atoms with Crippen molar-refractivity contribution >= 4 is 17.7 Å². The van der Waals surface area contributed by atoms with Gasteiger partial charge < -0.3 is 9.63 Å². The lowest BCUT2D eigenvalue weighted by molar-refractivity contribution is -0.133. The van der Waals surface area contributed by atoms with Crippen LogP contribution in [0.5, 0.6) is 0 Å². The maximum atomic E-state index is 10.3. The molecular weight excluding hydrogens is 228 g/mol. The fourth-order valence-electron chi connectivity index (χ4n) is 1.10. The van der Waals surface area contributed by atoms with Crippen LogP contribution in [0.3, 0.4) is 0 Å². The molecule has 6 heteroatoms. The van der Waals surface area contributed by atoms with Crippen LogP contribution in [0.2, 0.25) is 0 Å². The van der Waals surface area contributed by atoms with Gasteiger partial charge in [0.05, 0.1) is 0 Å². The minimum Gasteiger partial charge on any atom is -0.481 e. The number of aliphatic carboxylic acids is 1. The van der Waals surface area contributed by atoms with Crippen LogP contribution in [0.4, 0.5) is 0 Å². The third-order valence-corrected chi connectivity index (χ3v) is 2.56. The minimum absolute atomic E-state index is 0.0869. The third-order valence-electron chi connectivity index (χ3n) is 1.76. The van der Waals surface area contributed by atoms with E-state index in [1.807, 2.05) is 30.3 Å². The Morgan fingerprint density at radius 2 is 2.12 bits per heavy atom. The molecule has 0 spiro atoms. The molecule has 0 atom stereocenters. The van der Waals surface area contributed by atoms with Crippen molar-refractivity contribution in [1.29, 1.82) is 0 Å². The molecule has 0 aliphatic rings. The van der Waals surface area contributed by atoms with Crippen LogP contribution in [0.15, 0.2) is 40.1 Å². The lowest BCUT2D eigenvalue weighted by Crippen LogP contribution is -1.97. The number of thioether (sulfide) groups is 1. The smallest absolute Gasteiger partial charge is 0.314 e. The first-order chi connectivity index (χ1) is 7.75. The zero-order valence-electron chi connectivity index (χ0n) is 8.16. The first-order valence-electron chi connectivity index (χ1n) is 4.49. The Balaban J connectivity index is 2.11. The number of aromatic nitrogens is 2. The summed E-state index contributed by atoms with van der Waals surface area (Å²) >= 11 is 1.00. The SMILES string of the molecule is O=C(O)CSc1nc(-c2ccccc2)no1. The number of carboxylic acid groups (broad SMARTS) is 1. The summed E-state index contributed by atoms with van der Waals surface area (Å²) in [5.41, 5.74) is 0.841. The van der Waals surface area contributed by atoms with Gasteiger partial charge in [-0.25, -0.2) is 0 Å². The molecule has 0 radical (unpaired) electrons. The molecule has 0 amide bonds. The van der Waals surface area contributed by atoms with Crippen molar-refractivity contribution in [3.05, 3.63) is 30.3 Å². The van der Waals surface area contributed by atoms with Crippen molar-refractivity contribution in [3.8, 4) is 11.4 Å². The minimum atomic E-state index is -0.913. The van der Waals surface area contributed by atoms with E-state index in [0.717, 1.165) is 17.3 Å². The molecule has 1 aromatic carbocycles. The van der Waals surface area contributed by atoms with Crippen molar-refractivity contribution in [2.24, 2.45) is 0 Å². The molecular formula is C10H8N2O3S. The Labute approximate surface area is 95.5 Å². The average Bonchev–Trinajstić information content (AvgIpc) is 2.76. The lowest BCUT2D eigenvalue weighted by Gasteiger charge is -1.90. The number of carbonyl (C=O) groups is 1. The van der Waals surface area contributed by atoms with Crippen LogP contribution < -0.4 is 0 Å². The number of benzene rings is 1. The molecule has 0 aliphatic heterocycles. The fourth-order valence-corrected chi connectivity index (χ4v) is 1.58. The Morgan fingerprint density at radius 3 is 2.81 bits per heavy atom. The molecule has 1 aromatic heterocycles. The maximum Gasteiger partial charge on any atom is 0.314 e. The molecule has 1 N–H and O–H groups in total. The predicted octanol–water partition coefficient (Wildman–Crippen LogP) is 1.91. The second-order valence-corrected chi connectivity index (χ2v) is 3.86. The molecule has 0 bridgehead atoms. The molecule has 16 heavy (non-hydrogen) atoms. The van der Waals surface area contributed by atoms with Crippen molar-refractivity contribution in [1.82, 2.24) is 10.1 Å². The Hall–Kier alpha value is -1.82. The zero-order chi connectivity index (χ0) is 11.4. The molecule has 0 saturated heterocycles. The van der Waals surface area contributed by atoms with Gasteiger partial charge in [-0.1, -0.05) is 47.3 Å². The van der Waals surface area contributed by atoms with Crippen molar-refractivity contribution in [2.45, 2.75) is 5.22 Å². The lowest BCUT2D eigenvalue weighted by atomic mass is 10.2. The van der Waals surface area contributed by atoms with Crippen LogP contribution in [0.25, 0.3) is 11.4 Å². The second kappa shape index (κ2) is 4.80. The highest BCUT2D eigenvalue weighted by atomic mass is 32.2. The van der Waals surface area contributed by atoms with Gasteiger partial charge in [0.25, 0.3) is 5.22 Å². The van der Waals surface area contributed by atoms with Gasteiger partial charge in [0.15, 0.2) is 0 Å². The first kappa shape index (κ1) is 10.7. The molecule has 1 heterocycles. The predicted molar refractivity (Wildman–Crippen MR) is 58.1 cm³/mol. The molecule has 2 rings (SSSR count). The maximum absolute atomic E-state index is 10.3. The van der Waals surface area contributed by atoms with Gasteiger partial charge in [0.2, 0.25) is 5.82 Å². The number of carboxylic acids is 1. The summed E-state index contributed by atoms with van der Waals surface area (Å²) in [7, 11) is 0. The summed E-state index contributed by atoms with van der Waals surface area (Å²) in [5, 5.41) is 12.5. The number of nitrogens with zero attached hydrogens (tertiary/aromatic N) is 2. The number of hydrogen-bond acceptors (Lipinski definition) is 5. The summed E-state index contributed by atoms with van der Waals surface area (Å²) < 4.78 is 4.91. The van der Waals surface area contributed by atoms with Crippen molar-refractivity contribution in [2.75, 3.05) is 5.75 Å². The average molecular weight is 236 g/mol. The van der Waals surface area contributed by atoms with Crippen molar-refractivity contribution in [3.63, 3.8) is 0 Å². The van der Waals surface area contributed by atoms with Crippen LogP contribution in [-0.4, -0.2) is 27.0 Å². The van der Waals surface area contributed by atoms with E-state index in [9.17, 15) is 4.79 Å². The molecule has 0 aliphatic carbocycles. The van der Waals surface area contributed by atoms with E-state index >= 15 is 0 Å². The van der Waals surface area contributed by atoms with Crippen LogP contribution >= 0.6 is 11.8 Å². The van der Waals surface area contributed by atoms with E-state index < -0.39 is 5.97 Å². The van der Waals surface area contributed by atoms with E-state index in [2.05, 4.69) is 10.1 Å². The summed E-state index contributed by atoms with van der Waals surface area (Å²) in [6.07, 6.45) is 0. The third kappa shape index (κ3) is 2.60. The Kier molecular flexibility index (Phi) is 3.21. The van der Waals surface area contributed by atoms with Gasteiger partial charge in [0.1, 0.15) is 5.75 Å². The summed E-state index contributed by atoms with van der Waals surface area (Å²) in [6.45, 7) is 0. The van der Waals surface area contributed by atoms with Gasteiger partial charge >= 0.3 is 5.97 Å². The van der Waals surface area contributed by atoms with Gasteiger partial charge in [-0.3, -0.25) is 4.79 Å². The van der Waals surface area contributed by atoms with Crippen LogP contribution in [-0.2, 0) is 4.79 Å².